The fourth-order valence-electron chi connectivity index (χ4n) is 12.7. The monoisotopic (exact) mass is 1470 g/mol. The third-order valence-corrected chi connectivity index (χ3v) is 20.0. The van der Waals surface area contributed by atoms with Crippen LogP contribution in [0.4, 0.5) is 5.82 Å². The van der Waals surface area contributed by atoms with Crippen LogP contribution in [0.3, 0.4) is 0 Å². The smallest absolute Gasteiger partial charge is 0.277 e. The zero-order valence-electron chi connectivity index (χ0n) is 52.4. The Labute approximate surface area is 565 Å². The molecular weight excluding hydrogens is 1380 g/mol. The number of ether oxygens (including phenoxy) is 14. The lowest BCUT2D eigenvalue weighted by atomic mass is 9.95. The maximum absolute atomic E-state index is 12.5. The van der Waals surface area contributed by atoms with Crippen LogP contribution in [0.2, 0.25) is 0 Å². The number of sulfonamides is 1. The first-order chi connectivity index (χ1) is 47.6. The number of hydrogen-bond donors (Lipinski definition) is 23. The first kappa shape index (κ1) is 78.3. The molecule has 23 heterocycles. The lowest BCUT2D eigenvalue weighted by Gasteiger charge is -2.50. The van der Waals surface area contributed by atoms with Gasteiger partial charge in [-0.2, -0.15) is 0 Å². The van der Waals surface area contributed by atoms with Gasteiger partial charge in [-0.15, -0.1) is 0 Å². The van der Waals surface area contributed by atoms with Gasteiger partial charge in [-0.25, -0.2) is 13.4 Å². The molecule has 21 fully saturated rings. The van der Waals surface area contributed by atoms with Gasteiger partial charge in [-0.3, -0.25) is 9.10 Å². The van der Waals surface area contributed by atoms with Crippen molar-refractivity contribution in [1.29, 1.82) is 0 Å². The Balaban J connectivity index is 0.000000394. The molecule has 43 heteroatoms. The first-order valence-corrected chi connectivity index (χ1v) is 32.7. The van der Waals surface area contributed by atoms with E-state index in [9.17, 15) is 126 Å². The highest BCUT2D eigenvalue weighted by atomic mass is 32.2. The summed E-state index contributed by atoms with van der Waals surface area (Å²) in [7, 11) is -2.69. The summed E-state index contributed by atoms with van der Waals surface area (Å²) in [5.74, 6) is -0.907. The first-order valence-electron chi connectivity index (χ1n) is 31.3. The Kier molecular flexibility index (Phi) is 25.9. The zero-order chi connectivity index (χ0) is 72.7. The fraction of sp³-hybridized carbons (Fsp3) is 0.754. The van der Waals surface area contributed by atoms with E-state index in [-0.39, 0.29) is 22.0 Å². The van der Waals surface area contributed by atoms with E-state index in [0.29, 0.717) is 0 Å². The molecule has 566 valence electrons. The number of amides is 1. The summed E-state index contributed by atoms with van der Waals surface area (Å²) in [5.41, 5.74) is -0.258. The topological polar surface area (TPSA) is 654 Å². The molecule has 2 aromatic rings. The molecule has 21 saturated heterocycles. The van der Waals surface area contributed by atoms with E-state index in [4.69, 9.17) is 66.3 Å². The van der Waals surface area contributed by atoms with Crippen molar-refractivity contribution in [3.8, 4) is 0 Å². The number of carbonyl (C=O) groups excluding carboxylic acids is 1. The molecule has 1 amide bonds. The maximum Gasteiger partial charge on any atom is 0.277 e. The van der Waals surface area contributed by atoms with Crippen LogP contribution in [0, 0.1) is 0 Å². The highest BCUT2D eigenvalue weighted by Gasteiger charge is 2.60. The second-order valence-electron chi connectivity index (χ2n) is 24.5. The third kappa shape index (κ3) is 15.4. The van der Waals surface area contributed by atoms with Gasteiger partial charge < -0.3 is 184 Å². The molecule has 35 atom stereocenters. The van der Waals surface area contributed by atoms with Crippen molar-refractivity contribution < 1.29 is 192 Å². The summed E-state index contributed by atoms with van der Waals surface area (Å²) in [6.45, 7) is -7.33. The normalized spacial score (nSPS) is 46.3. The second kappa shape index (κ2) is 33.0. The molecule has 23 N–H and O–H groups in total. The van der Waals surface area contributed by atoms with Crippen LogP contribution < -0.4 is 5.32 Å². The number of nitrogens with zero attached hydrogens (tertiary/aromatic N) is 2. The van der Waals surface area contributed by atoms with Crippen LogP contribution in [-0.4, -0.2) is 404 Å². The molecule has 24 rings (SSSR count). The molecule has 14 bridgehead atoms. The number of hydrogen-bond acceptors (Lipinski definition) is 40. The van der Waals surface area contributed by atoms with Crippen LogP contribution in [-0.2, 0) is 81.1 Å². The Hall–Kier alpha value is -4.27. The number of nitrogens with one attached hydrogen (secondary N) is 1. The number of anilines is 1. The van der Waals surface area contributed by atoms with E-state index < -0.39 is 283 Å². The molecule has 22 aliphatic rings. The number of aromatic nitrogens is 1. The van der Waals surface area contributed by atoms with E-state index in [1.807, 2.05) is 0 Å². The van der Waals surface area contributed by atoms with Crippen molar-refractivity contribution >= 4 is 27.5 Å². The highest BCUT2D eigenvalue weighted by molar-refractivity contribution is 7.89. The molecule has 42 nitrogen and oxygen atoms in total. The Bertz CT molecular complexity index is 2770. The Morgan fingerprint density at radius 2 is 0.620 bits per heavy atom. The summed E-state index contributed by atoms with van der Waals surface area (Å²) in [6, 6.07) is 10.9. The maximum atomic E-state index is 12.5. The van der Waals surface area contributed by atoms with E-state index in [2.05, 4.69) is 10.3 Å². The fourth-order valence-corrected chi connectivity index (χ4v) is 14.1. The Morgan fingerprint density at radius 1 is 0.380 bits per heavy atom. The lowest BCUT2D eigenvalue weighted by molar-refractivity contribution is -0.396. The minimum Gasteiger partial charge on any atom is -0.505 e. The van der Waals surface area contributed by atoms with Crippen molar-refractivity contribution in [1.82, 2.24) is 9.29 Å². The van der Waals surface area contributed by atoms with Crippen molar-refractivity contribution in [2.24, 2.45) is 0 Å². The number of rotatable bonds is 9. The summed E-state index contributed by atoms with van der Waals surface area (Å²) in [4.78, 5) is 16.3. The summed E-state index contributed by atoms with van der Waals surface area (Å²) in [6.07, 6.45) is -68.8. The minimum absolute atomic E-state index is 0.0469. The predicted molar refractivity (Wildman–Crippen MR) is 312 cm³/mol. The second-order valence-corrected chi connectivity index (χ2v) is 26.4. The van der Waals surface area contributed by atoms with Crippen molar-refractivity contribution in [2.45, 2.75) is 220 Å². The van der Waals surface area contributed by atoms with E-state index >= 15 is 0 Å². The third-order valence-electron chi connectivity index (χ3n) is 18.2. The van der Waals surface area contributed by atoms with Gasteiger partial charge in [0.25, 0.3) is 15.9 Å². The number of aliphatic hydroxyl groups excluding tert-OH is 22. The van der Waals surface area contributed by atoms with Crippen LogP contribution >= 0.6 is 0 Å². The van der Waals surface area contributed by atoms with Crippen LogP contribution in [0.1, 0.15) is 5.56 Å². The van der Waals surface area contributed by atoms with E-state index in [1.54, 1.807) is 30.3 Å². The number of benzene rings is 1. The Morgan fingerprint density at radius 3 is 0.850 bits per heavy atom. The lowest BCUT2D eigenvalue weighted by Crippen LogP contribution is -2.68. The molecule has 1 aromatic heterocycles. The summed E-state index contributed by atoms with van der Waals surface area (Å²) >= 11 is 0. The molecule has 0 spiro atoms. The van der Waals surface area contributed by atoms with Gasteiger partial charge in [0.15, 0.2) is 55.5 Å². The average molecular weight is 1470 g/mol. The number of fused-ring (bicyclic) bond motifs is 1. The molecule has 22 aliphatic heterocycles. The average Bonchev–Trinajstić information content (AvgIpc) is 0.746. The quantitative estimate of drug-likeness (QED) is 0.111. The standard InChI is InChI=1S/C42H70O35.C15H13N3O4S/c43-1-8-29-15(50)22(57)36(64-8)72-30-9(2-44)66-38(24(59)17(30)52)74-32-11(4-46)68-40(26(61)19(32)54)76-34-13(6-48)70-42(28(63)21(34)56)77-35-14(7-49)69-41(27(62)20(35)55)75-33-12(5-47)67-39(25(60)18(33)53)73-31-10(3-45)65-37(71-29)23(58)16(31)51;1-18-13(15(20)17-12-8-4-5-9-16-12)14(19)10-6-2-3-7-11(10)23(18,21)22/h8-63H,1-7H2;2-9,19H,1H3,(H,16,17,20). The SMILES string of the molecule is CN1C(C(=O)Nc2ccccn2)=C(O)c2ccccc2S1(=O)=O.OCC1OC2OC3C(CO)OC(OC4C(CO)OC(OC5C(CO)OC(OC6C(CO)OC(OC7C(CO)OC(OC8C(CO)OC(OC1C(O)C2O)C(O)C8O)C(O)C7O)C(O)C6O)C(O)C5O)C(O)C4O)C(O)C3O. The van der Waals surface area contributed by atoms with Gasteiger partial charge in [0.1, 0.15) is 177 Å². The van der Waals surface area contributed by atoms with E-state index in [1.165, 1.54) is 25.4 Å². The zero-order valence-corrected chi connectivity index (χ0v) is 53.2. The number of pyridine rings is 1. The highest BCUT2D eigenvalue weighted by Crippen LogP contribution is 2.40. The van der Waals surface area contributed by atoms with Crippen LogP contribution in [0.25, 0.3) is 5.76 Å². The molecule has 35 unspecified atom stereocenters. The number of aliphatic hydroxyl groups is 22. The number of carbonyl (C=O) groups is 1. The van der Waals surface area contributed by atoms with Crippen LogP contribution in [0.15, 0.2) is 59.3 Å². The van der Waals surface area contributed by atoms with Gasteiger partial charge in [0.2, 0.25) is 0 Å². The van der Waals surface area contributed by atoms with Gasteiger partial charge in [-0.1, -0.05) is 18.2 Å². The summed E-state index contributed by atoms with van der Waals surface area (Å²) in [5, 5.41) is 243. The molecule has 0 radical (unpaired) electrons. The van der Waals surface area contributed by atoms with Crippen LogP contribution in [0.5, 0.6) is 0 Å². The number of likely N-dealkylation sites (N-methyl/N-ethyl adjacent to an activating group) is 1. The van der Waals surface area contributed by atoms with Crippen molar-refractivity contribution in [3.63, 3.8) is 0 Å². The van der Waals surface area contributed by atoms with Gasteiger partial charge in [-0.05, 0) is 24.3 Å². The molecule has 1 aromatic carbocycles. The van der Waals surface area contributed by atoms with Crippen molar-refractivity contribution in [2.75, 3.05) is 58.6 Å². The van der Waals surface area contributed by atoms with E-state index in [0.717, 1.165) is 4.31 Å². The van der Waals surface area contributed by atoms with Crippen molar-refractivity contribution in [3.05, 3.63) is 59.9 Å². The molecular formula is C57H83N3O39S. The molecule has 0 aliphatic carbocycles. The predicted octanol–water partition coefficient (Wildman–Crippen LogP) is -13.6. The minimum atomic E-state index is -3.91. The largest absolute Gasteiger partial charge is 0.505 e. The van der Waals surface area contributed by atoms with Gasteiger partial charge in [0, 0.05) is 18.8 Å². The molecule has 100 heavy (non-hydrogen) atoms. The van der Waals surface area contributed by atoms with Gasteiger partial charge in [0.05, 0.1) is 51.1 Å². The van der Waals surface area contributed by atoms with Gasteiger partial charge >= 0.3 is 0 Å². The summed E-state index contributed by atoms with van der Waals surface area (Å²) < 4.78 is 105. The molecule has 0 saturated carbocycles.